The van der Waals surface area contributed by atoms with Crippen LogP contribution < -0.4 is 5.32 Å². The number of nitrogens with zero attached hydrogens (tertiary/aromatic N) is 3. The summed E-state index contributed by atoms with van der Waals surface area (Å²) in [4.78, 5) is 4.80. The van der Waals surface area contributed by atoms with Crippen molar-refractivity contribution in [2.45, 2.75) is 51.4 Å². The van der Waals surface area contributed by atoms with Gasteiger partial charge in [-0.1, -0.05) is 27.7 Å². The van der Waals surface area contributed by atoms with Gasteiger partial charge >= 0.3 is 0 Å². The predicted octanol–water partition coefficient (Wildman–Crippen LogP) is 1.75. The summed E-state index contributed by atoms with van der Waals surface area (Å²) >= 11 is 0. The van der Waals surface area contributed by atoms with Gasteiger partial charge in [-0.05, 0) is 25.9 Å². The van der Waals surface area contributed by atoms with Gasteiger partial charge in [0, 0.05) is 17.9 Å². The fourth-order valence-electron chi connectivity index (χ4n) is 2.43. The molecular formula is C13H24N4. The molecule has 0 bridgehead atoms. The highest BCUT2D eigenvalue weighted by atomic mass is 15.3. The number of aromatic nitrogens is 3. The molecule has 1 aliphatic heterocycles. The largest absolute Gasteiger partial charge is 0.317 e. The molecule has 1 aromatic heterocycles. The third-order valence-corrected chi connectivity index (χ3v) is 3.68. The number of hydrogen-bond acceptors (Lipinski definition) is 3. The first-order valence-corrected chi connectivity index (χ1v) is 6.46. The molecule has 1 N–H and O–H groups in total. The first kappa shape index (κ1) is 12.6. The number of piperidine rings is 1. The van der Waals surface area contributed by atoms with E-state index in [9.17, 15) is 0 Å². The zero-order chi connectivity index (χ0) is 12.7. The van der Waals surface area contributed by atoms with Crippen molar-refractivity contribution in [2.24, 2.45) is 7.05 Å². The van der Waals surface area contributed by atoms with E-state index >= 15 is 0 Å². The van der Waals surface area contributed by atoms with Crippen LogP contribution in [0.15, 0.2) is 0 Å². The molecule has 0 unspecified atom stereocenters. The van der Waals surface area contributed by atoms with E-state index in [1.54, 1.807) is 0 Å². The lowest BCUT2D eigenvalue weighted by Crippen LogP contribution is -2.39. The fraction of sp³-hybridized carbons (Fsp3) is 0.846. The summed E-state index contributed by atoms with van der Waals surface area (Å²) in [5.74, 6) is 2.10. The van der Waals surface area contributed by atoms with Crippen molar-refractivity contribution in [3.05, 3.63) is 11.6 Å². The topological polar surface area (TPSA) is 42.7 Å². The maximum absolute atomic E-state index is 4.80. The second-order valence-electron chi connectivity index (χ2n) is 6.44. The Hall–Kier alpha value is -0.900. The lowest BCUT2D eigenvalue weighted by Gasteiger charge is -2.32. The standard InChI is InChI=1S/C13H24N4/c1-12(2,3)10-15-11(17(5)16-10)13(4)6-8-14-9-7-13/h14H,6-9H2,1-5H3. The first-order valence-electron chi connectivity index (χ1n) is 6.46. The second-order valence-corrected chi connectivity index (χ2v) is 6.44. The smallest absolute Gasteiger partial charge is 0.156 e. The first-order chi connectivity index (χ1) is 7.83. The van der Waals surface area contributed by atoms with E-state index in [1.165, 1.54) is 0 Å². The second kappa shape index (κ2) is 4.09. The van der Waals surface area contributed by atoms with E-state index in [4.69, 9.17) is 4.98 Å². The SMILES string of the molecule is Cn1nc(C(C)(C)C)nc1C1(C)CCNCC1. The third-order valence-electron chi connectivity index (χ3n) is 3.68. The Morgan fingerprint density at radius 2 is 1.82 bits per heavy atom. The summed E-state index contributed by atoms with van der Waals surface area (Å²) in [6.07, 6.45) is 2.28. The molecule has 96 valence electrons. The molecule has 2 rings (SSSR count). The van der Waals surface area contributed by atoms with E-state index in [0.717, 1.165) is 37.6 Å². The van der Waals surface area contributed by atoms with Gasteiger partial charge in [-0.3, -0.25) is 4.68 Å². The van der Waals surface area contributed by atoms with E-state index in [0.29, 0.717) is 0 Å². The van der Waals surface area contributed by atoms with Crippen molar-refractivity contribution in [3.8, 4) is 0 Å². The molecule has 1 aromatic rings. The monoisotopic (exact) mass is 236 g/mol. The van der Waals surface area contributed by atoms with Crippen molar-refractivity contribution < 1.29 is 0 Å². The average molecular weight is 236 g/mol. The van der Waals surface area contributed by atoms with Crippen molar-refractivity contribution >= 4 is 0 Å². The molecule has 2 heterocycles. The van der Waals surface area contributed by atoms with Gasteiger partial charge in [-0.15, -0.1) is 0 Å². The van der Waals surface area contributed by atoms with Gasteiger partial charge < -0.3 is 5.32 Å². The number of rotatable bonds is 1. The maximum atomic E-state index is 4.80. The van der Waals surface area contributed by atoms with Gasteiger partial charge in [-0.25, -0.2) is 4.98 Å². The summed E-state index contributed by atoms with van der Waals surface area (Å²) in [5.41, 5.74) is 0.204. The highest BCUT2D eigenvalue weighted by molar-refractivity contribution is 5.13. The van der Waals surface area contributed by atoms with Gasteiger partial charge in [0.15, 0.2) is 5.82 Å². The predicted molar refractivity (Wildman–Crippen MR) is 69.2 cm³/mol. The van der Waals surface area contributed by atoms with E-state index in [1.807, 2.05) is 11.7 Å². The lowest BCUT2D eigenvalue weighted by molar-refractivity contribution is 0.309. The molecular weight excluding hydrogens is 212 g/mol. The Bertz CT molecular complexity index is 394. The van der Waals surface area contributed by atoms with Crippen molar-refractivity contribution in [3.63, 3.8) is 0 Å². The number of hydrogen-bond donors (Lipinski definition) is 1. The number of nitrogens with one attached hydrogen (secondary N) is 1. The molecule has 0 aromatic carbocycles. The summed E-state index contributed by atoms with van der Waals surface area (Å²) in [5, 5.41) is 8.00. The summed E-state index contributed by atoms with van der Waals surface area (Å²) in [6, 6.07) is 0. The highest BCUT2D eigenvalue weighted by Crippen LogP contribution is 2.32. The van der Waals surface area contributed by atoms with Crippen LogP contribution in [-0.2, 0) is 17.9 Å². The van der Waals surface area contributed by atoms with Crippen LogP contribution in [0, 0.1) is 0 Å². The normalized spacial score (nSPS) is 20.5. The zero-order valence-electron chi connectivity index (χ0n) is 11.7. The lowest BCUT2D eigenvalue weighted by atomic mass is 9.80. The van der Waals surface area contributed by atoms with Gasteiger partial charge in [0.1, 0.15) is 5.82 Å². The van der Waals surface area contributed by atoms with Crippen LogP contribution in [0.25, 0.3) is 0 Å². The van der Waals surface area contributed by atoms with Crippen molar-refractivity contribution in [1.82, 2.24) is 20.1 Å². The molecule has 4 heteroatoms. The van der Waals surface area contributed by atoms with Crippen molar-refractivity contribution in [1.29, 1.82) is 0 Å². The Morgan fingerprint density at radius 3 is 2.29 bits per heavy atom. The van der Waals surface area contributed by atoms with Crippen LogP contribution in [0.4, 0.5) is 0 Å². The molecule has 0 saturated carbocycles. The summed E-state index contributed by atoms with van der Waals surface area (Å²) in [6.45, 7) is 11.0. The molecule has 0 amide bonds. The van der Waals surface area contributed by atoms with Crippen LogP contribution in [0.3, 0.4) is 0 Å². The fourth-order valence-corrected chi connectivity index (χ4v) is 2.43. The van der Waals surface area contributed by atoms with Gasteiger partial charge in [0.25, 0.3) is 0 Å². The molecule has 4 nitrogen and oxygen atoms in total. The Morgan fingerprint density at radius 1 is 1.24 bits per heavy atom. The van der Waals surface area contributed by atoms with Crippen LogP contribution in [0.2, 0.25) is 0 Å². The van der Waals surface area contributed by atoms with E-state index < -0.39 is 0 Å². The molecule has 1 saturated heterocycles. The van der Waals surface area contributed by atoms with E-state index in [-0.39, 0.29) is 10.8 Å². The minimum atomic E-state index is 0.0271. The zero-order valence-corrected chi connectivity index (χ0v) is 11.7. The molecule has 0 atom stereocenters. The number of aryl methyl sites for hydroxylation is 1. The Balaban J connectivity index is 2.35. The minimum absolute atomic E-state index is 0.0271. The quantitative estimate of drug-likeness (QED) is 0.808. The Labute approximate surface area is 104 Å². The Kier molecular flexibility index (Phi) is 3.02. The minimum Gasteiger partial charge on any atom is -0.317 e. The van der Waals surface area contributed by atoms with Crippen molar-refractivity contribution in [2.75, 3.05) is 13.1 Å². The molecule has 0 aliphatic carbocycles. The maximum Gasteiger partial charge on any atom is 0.156 e. The van der Waals surface area contributed by atoms with E-state index in [2.05, 4.69) is 38.1 Å². The highest BCUT2D eigenvalue weighted by Gasteiger charge is 2.34. The molecule has 0 spiro atoms. The molecule has 1 fully saturated rings. The molecule has 0 radical (unpaired) electrons. The van der Waals surface area contributed by atoms with Gasteiger partial charge in [0.2, 0.25) is 0 Å². The summed E-state index contributed by atoms with van der Waals surface area (Å²) < 4.78 is 1.98. The van der Waals surface area contributed by atoms with Gasteiger partial charge in [0.05, 0.1) is 0 Å². The molecule has 17 heavy (non-hydrogen) atoms. The third kappa shape index (κ3) is 2.37. The van der Waals surface area contributed by atoms with Crippen LogP contribution in [0.5, 0.6) is 0 Å². The van der Waals surface area contributed by atoms with Gasteiger partial charge in [-0.2, -0.15) is 5.10 Å². The molecule has 1 aliphatic rings. The van der Waals surface area contributed by atoms with Crippen LogP contribution in [0.1, 0.15) is 52.2 Å². The summed E-state index contributed by atoms with van der Waals surface area (Å²) in [7, 11) is 2.02. The van der Waals surface area contributed by atoms with Crippen LogP contribution >= 0.6 is 0 Å². The van der Waals surface area contributed by atoms with Crippen LogP contribution in [-0.4, -0.2) is 27.9 Å². The average Bonchev–Trinajstić information content (AvgIpc) is 2.61.